The molecule has 10 nitrogen and oxygen atoms in total. The highest BCUT2D eigenvalue weighted by Crippen LogP contribution is 2.50. The number of benzene rings is 2. The molecule has 2 aliphatic rings. The molecule has 0 saturated heterocycles. The Morgan fingerprint density at radius 1 is 0.857 bits per heavy atom. The summed E-state index contributed by atoms with van der Waals surface area (Å²) in [5.41, 5.74) is 0.976. The maximum Gasteiger partial charge on any atom is 0.327 e. The molecule has 4 amide bonds. The number of hydrogen-bond donors (Lipinski definition) is 0. The lowest BCUT2D eigenvalue weighted by Gasteiger charge is -2.30. The molecule has 0 fully saturated rings. The fraction of sp³-hybridized carbons (Fsp3) is 0.261. The summed E-state index contributed by atoms with van der Waals surface area (Å²) in [4.78, 5) is 53.6. The monoisotopic (exact) mass is 513 g/mol. The summed E-state index contributed by atoms with van der Waals surface area (Å²) in [6, 6.07) is 14.7. The lowest BCUT2D eigenvalue weighted by atomic mass is 10.1. The zero-order valence-electron chi connectivity index (χ0n) is 18.6. The van der Waals surface area contributed by atoms with Gasteiger partial charge in [-0.1, -0.05) is 24.3 Å². The molecule has 12 heteroatoms. The largest absolute Gasteiger partial charge is 0.327 e. The molecule has 2 aromatic carbocycles. The number of hydrogen-bond acceptors (Lipinski definition) is 9. The number of amides is 4. The van der Waals surface area contributed by atoms with E-state index in [4.69, 9.17) is 30.6 Å². The Morgan fingerprint density at radius 2 is 1.26 bits per heavy atom. The van der Waals surface area contributed by atoms with Crippen LogP contribution >= 0.6 is 6.72 Å². The van der Waals surface area contributed by atoms with E-state index in [9.17, 15) is 19.2 Å². The van der Waals surface area contributed by atoms with Crippen LogP contribution in [0.1, 0.15) is 47.9 Å². The third-order valence-corrected chi connectivity index (χ3v) is 8.02. The van der Waals surface area contributed by atoms with Gasteiger partial charge in [0.25, 0.3) is 23.6 Å². The first kappa shape index (κ1) is 24.9. The van der Waals surface area contributed by atoms with Crippen molar-refractivity contribution in [2.45, 2.75) is 12.5 Å². The van der Waals surface area contributed by atoms with Gasteiger partial charge in [-0.15, -0.1) is 0 Å². The maximum atomic E-state index is 12.9. The Kier molecular flexibility index (Phi) is 7.21. The number of imide groups is 2. The quantitative estimate of drug-likeness (QED) is 0.268. The molecular formula is C23H20N3O7PS. The highest BCUT2D eigenvalue weighted by Gasteiger charge is 2.42. The molecule has 2 aliphatic heterocycles. The van der Waals surface area contributed by atoms with Gasteiger partial charge in [0, 0.05) is 7.11 Å². The van der Waals surface area contributed by atoms with E-state index < -0.39 is 36.5 Å². The van der Waals surface area contributed by atoms with Crippen molar-refractivity contribution in [1.82, 2.24) is 9.80 Å². The molecule has 35 heavy (non-hydrogen) atoms. The Labute approximate surface area is 206 Å². The number of fused-ring (bicyclic) bond motifs is 2. The van der Waals surface area contributed by atoms with Crippen molar-refractivity contribution in [2.75, 3.05) is 26.8 Å². The molecule has 0 aromatic heterocycles. The van der Waals surface area contributed by atoms with Crippen LogP contribution in [0.5, 0.6) is 0 Å². The zero-order chi connectivity index (χ0) is 25.2. The van der Waals surface area contributed by atoms with Crippen molar-refractivity contribution >= 4 is 42.2 Å². The van der Waals surface area contributed by atoms with Gasteiger partial charge in [-0.2, -0.15) is 5.26 Å². The van der Waals surface area contributed by atoms with E-state index in [0.717, 1.165) is 9.80 Å². The summed E-state index contributed by atoms with van der Waals surface area (Å²) in [5, 5.41) is 8.79. The first-order valence-electron chi connectivity index (χ1n) is 10.6. The smallest absolute Gasteiger partial charge is 0.312 e. The van der Waals surface area contributed by atoms with Gasteiger partial charge in [-0.3, -0.25) is 29.0 Å². The number of carbonyl (C=O) groups excluding carboxylic acids is 4. The molecule has 0 bridgehead atoms. The van der Waals surface area contributed by atoms with Gasteiger partial charge >= 0.3 is 6.72 Å². The molecule has 0 N–H and O–H groups in total. The van der Waals surface area contributed by atoms with Crippen molar-refractivity contribution in [1.29, 1.82) is 5.26 Å². The second-order valence-corrected chi connectivity index (χ2v) is 10.7. The number of nitriles is 1. The molecule has 0 radical (unpaired) electrons. The van der Waals surface area contributed by atoms with Crippen molar-refractivity contribution in [3.05, 3.63) is 70.8 Å². The van der Waals surface area contributed by atoms with Gasteiger partial charge in [0.2, 0.25) is 0 Å². The minimum Gasteiger partial charge on any atom is -0.312 e. The highest BCUT2D eigenvalue weighted by molar-refractivity contribution is 8.07. The number of carbonyl (C=O) groups is 4. The van der Waals surface area contributed by atoms with Gasteiger partial charge in [-0.25, -0.2) is 0 Å². The topological polar surface area (TPSA) is 126 Å². The van der Waals surface area contributed by atoms with Crippen LogP contribution in [0.25, 0.3) is 0 Å². The van der Waals surface area contributed by atoms with E-state index in [-0.39, 0.29) is 48.4 Å². The highest BCUT2D eigenvalue weighted by atomic mass is 32.5. The summed E-state index contributed by atoms with van der Waals surface area (Å²) >= 11 is 5.39. The lowest BCUT2D eigenvalue weighted by Crippen LogP contribution is -2.45. The predicted octanol–water partition coefficient (Wildman–Crippen LogP) is 2.77. The average molecular weight is 513 g/mol. The second kappa shape index (κ2) is 10.2. The van der Waals surface area contributed by atoms with E-state index in [0.29, 0.717) is 0 Å². The first-order valence-corrected chi connectivity index (χ1v) is 13.1. The molecule has 1 atom stereocenters. The Bertz CT molecular complexity index is 1160. The molecule has 1 unspecified atom stereocenters. The van der Waals surface area contributed by atoms with Gasteiger partial charge in [0.15, 0.2) is 0 Å². The molecule has 0 spiro atoms. The molecule has 2 aromatic rings. The van der Waals surface area contributed by atoms with Gasteiger partial charge < -0.3 is 13.6 Å². The van der Waals surface area contributed by atoms with Crippen LogP contribution in [0, 0.1) is 11.3 Å². The van der Waals surface area contributed by atoms with Gasteiger partial charge in [0.1, 0.15) is 6.10 Å². The molecular weight excluding hydrogens is 493 g/mol. The van der Waals surface area contributed by atoms with Crippen LogP contribution in [0.2, 0.25) is 0 Å². The van der Waals surface area contributed by atoms with Crippen LogP contribution in [0.3, 0.4) is 0 Å². The van der Waals surface area contributed by atoms with Crippen molar-refractivity contribution in [2.24, 2.45) is 0 Å². The Balaban J connectivity index is 1.60. The molecule has 0 saturated carbocycles. The van der Waals surface area contributed by atoms with Gasteiger partial charge in [0.05, 0.1) is 54.4 Å². The summed E-state index contributed by atoms with van der Waals surface area (Å²) < 4.78 is 16.7. The normalized spacial score (nSPS) is 16.5. The Hall–Kier alpha value is -3.26. The van der Waals surface area contributed by atoms with Crippen LogP contribution in [0.4, 0.5) is 0 Å². The standard InChI is InChI=1S/C23H20N3O7PS/c1-31-34(35,32-12-6-11-24)33-15(13-25-20(27)16-7-2-3-8-17(16)21(25)28)14-26-22(29)18-9-4-5-10-19(18)23(26)30/h2-5,7-10,15H,6,12-14H2,1H3. The third kappa shape index (κ3) is 4.80. The van der Waals surface area contributed by atoms with Gasteiger partial charge in [-0.05, 0) is 36.1 Å². The van der Waals surface area contributed by atoms with Crippen molar-refractivity contribution in [3.63, 3.8) is 0 Å². The minimum absolute atomic E-state index is 0.0343. The second-order valence-electron chi connectivity index (χ2n) is 7.63. The number of rotatable bonds is 10. The van der Waals surface area contributed by atoms with Crippen LogP contribution in [0.15, 0.2) is 48.5 Å². The van der Waals surface area contributed by atoms with Crippen molar-refractivity contribution < 1.29 is 32.7 Å². The Morgan fingerprint density at radius 3 is 1.60 bits per heavy atom. The van der Waals surface area contributed by atoms with Crippen molar-refractivity contribution in [3.8, 4) is 6.07 Å². The van der Waals surface area contributed by atoms with Crippen LogP contribution < -0.4 is 0 Å². The third-order valence-electron chi connectivity index (χ3n) is 5.49. The summed E-state index contributed by atoms with van der Waals surface area (Å²) in [6.07, 6.45) is -1.07. The van der Waals surface area contributed by atoms with E-state index in [1.807, 2.05) is 6.07 Å². The zero-order valence-corrected chi connectivity index (χ0v) is 20.3. The van der Waals surface area contributed by atoms with Crippen LogP contribution in [-0.4, -0.2) is 66.3 Å². The predicted molar refractivity (Wildman–Crippen MR) is 126 cm³/mol. The van der Waals surface area contributed by atoms with E-state index in [1.165, 1.54) is 7.11 Å². The molecule has 0 aliphatic carbocycles. The molecule has 4 rings (SSSR count). The van der Waals surface area contributed by atoms with Crippen LogP contribution in [-0.2, 0) is 25.4 Å². The summed E-state index contributed by atoms with van der Waals surface area (Å²) in [5.74, 6) is -2.12. The fourth-order valence-corrected chi connectivity index (χ4v) is 5.51. The van der Waals surface area contributed by atoms with E-state index >= 15 is 0 Å². The van der Waals surface area contributed by atoms with E-state index in [2.05, 4.69) is 0 Å². The lowest BCUT2D eigenvalue weighted by molar-refractivity contribution is 0.0416. The molecule has 180 valence electrons. The number of nitrogens with zero attached hydrogens (tertiary/aromatic N) is 3. The summed E-state index contributed by atoms with van der Waals surface area (Å²) in [6.45, 7) is -4.11. The minimum atomic E-state index is -3.44. The fourth-order valence-electron chi connectivity index (χ4n) is 3.85. The average Bonchev–Trinajstić information content (AvgIpc) is 3.25. The van der Waals surface area contributed by atoms with E-state index in [1.54, 1.807) is 48.5 Å². The summed E-state index contributed by atoms with van der Waals surface area (Å²) in [7, 11) is 1.27. The first-order chi connectivity index (χ1) is 16.8. The SMILES string of the molecule is COP(=S)(OCCC#N)OC(CN1C(=O)c2ccccc2C1=O)CN1C(=O)c2ccccc2C1=O. The maximum absolute atomic E-state index is 12.9. The molecule has 2 heterocycles.